The summed E-state index contributed by atoms with van der Waals surface area (Å²) in [5, 5.41) is 5.14. The summed E-state index contributed by atoms with van der Waals surface area (Å²) in [7, 11) is 0. The highest BCUT2D eigenvalue weighted by molar-refractivity contribution is 6.10. The summed E-state index contributed by atoms with van der Waals surface area (Å²) in [5.74, 6) is 2.28. The normalized spacial score (nSPS) is 11.6. The van der Waals surface area contributed by atoms with Crippen molar-refractivity contribution in [2.75, 3.05) is 0 Å². The lowest BCUT2D eigenvalue weighted by Crippen LogP contribution is -2.04. The second kappa shape index (κ2) is 22.1. The Morgan fingerprint density at radius 2 is 0.511 bits per heavy atom. The van der Waals surface area contributed by atoms with Crippen LogP contribution in [0.3, 0.4) is 0 Å². The van der Waals surface area contributed by atoms with Crippen LogP contribution in [0.15, 0.2) is 292 Å². The molecule has 0 N–H and O–H groups in total. The third-order valence-electron chi connectivity index (χ3n) is 17.8. The first kappa shape index (κ1) is 53.9. The van der Waals surface area contributed by atoms with Crippen molar-refractivity contribution >= 4 is 77.1 Å². The molecule has 10 aromatic carbocycles. The summed E-state index contributed by atoms with van der Waals surface area (Å²) in [6.07, 6.45) is 5.46. The summed E-state index contributed by atoms with van der Waals surface area (Å²) in [6.45, 7) is 6.35. The number of hydrogen-bond acceptors (Lipinski definition) is 6. The first-order valence-electron chi connectivity index (χ1n) is 30.9. The van der Waals surface area contributed by atoms with E-state index in [2.05, 4.69) is 280 Å². The van der Waals surface area contributed by atoms with E-state index in [0.29, 0.717) is 0 Å². The third-order valence-corrected chi connectivity index (χ3v) is 17.8. The quantitative estimate of drug-likeness (QED) is 0.143. The van der Waals surface area contributed by atoms with Gasteiger partial charge in [0.1, 0.15) is 34.0 Å². The minimum atomic E-state index is 0.759. The topological polar surface area (TPSA) is 102 Å². The molecule has 92 heavy (non-hydrogen) atoms. The number of pyridine rings is 3. The molecular weight excluding hydrogens is 1130 g/mol. The predicted molar refractivity (Wildman–Crippen MR) is 375 cm³/mol. The molecule has 0 amide bonds. The second-order valence-electron chi connectivity index (χ2n) is 23.3. The number of benzene rings is 10. The molecule has 0 aliphatic rings. The van der Waals surface area contributed by atoms with Crippen molar-refractivity contribution < 1.29 is 0 Å². The minimum Gasteiger partial charge on any atom is -0.309 e. The molecule has 0 fully saturated rings. The van der Waals surface area contributed by atoms with Crippen LogP contribution in [-0.2, 0) is 0 Å². The summed E-state index contributed by atoms with van der Waals surface area (Å²) in [6, 6.07) is 95.8. The van der Waals surface area contributed by atoms with E-state index in [0.717, 1.165) is 101 Å². The molecule has 8 heterocycles. The molecule has 8 aromatic heterocycles. The highest BCUT2D eigenvalue weighted by Gasteiger charge is 2.25. The van der Waals surface area contributed by atoms with Crippen molar-refractivity contribution in [1.82, 2.24) is 52.7 Å². The lowest BCUT2D eigenvalue weighted by molar-refractivity contribution is 1.05. The molecule has 0 saturated heterocycles. The SMILES string of the molecule is Cc1ccccc1-n1c(-c2cc(-c3nc4cccnc4n3-c3ccccc3C)cc(-c3nc4cccnc4n3-c3ccccc3C)c2)nc2cccnc21.c1ccc2c(c1)c1ccccc1n2-c1ccc(-c2ccc(-n3c4ccccc4c4ccccc43)cc2)cc1. The molecule has 0 unspecified atom stereocenters. The van der Waals surface area contributed by atoms with Gasteiger partial charge in [0.05, 0.1) is 39.1 Å². The maximum Gasteiger partial charge on any atom is 0.164 e. The molecule has 0 aliphatic heterocycles. The standard InChI is InChI=1S/C45H33N9.C36H24N2/c1-28-13-4-7-19-37(28)52-40(49-34-16-10-22-46-43(34)52)31-25-32(41-50-35-17-11-23-47-44(35)53(41)38-20-8-5-14-29(38)2)27-33(26-31)42-51-36-18-12-24-48-45(36)54(42)39-21-9-6-15-30(39)3;1-5-13-33-29(9-1)30-10-2-6-14-34(30)37(33)27-21-17-25(18-22-27)26-19-23-28(24-20-26)38-35-15-7-3-11-31(35)32-12-4-8-16-36(32)38/h4-27H,1-3H3;1-24H. The van der Waals surface area contributed by atoms with Crippen molar-refractivity contribution in [1.29, 1.82) is 0 Å². The second-order valence-corrected chi connectivity index (χ2v) is 23.3. The third kappa shape index (κ3) is 8.96. The van der Waals surface area contributed by atoms with Crippen LogP contribution in [0.1, 0.15) is 16.7 Å². The number of nitrogens with zero attached hydrogens (tertiary/aromatic N) is 11. The number of imidazole rings is 3. The molecule has 0 atom stereocenters. The van der Waals surface area contributed by atoms with E-state index in [-0.39, 0.29) is 0 Å². The maximum absolute atomic E-state index is 5.27. The van der Waals surface area contributed by atoms with E-state index in [1.54, 1.807) is 0 Å². The summed E-state index contributed by atoms with van der Waals surface area (Å²) in [4.78, 5) is 30.3. The van der Waals surface area contributed by atoms with Gasteiger partial charge in [-0.15, -0.1) is 0 Å². The lowest BCUT2D eigenvalue weighted by atomic mass is 10.0. The van der Waals surface area contributed by atoms with Gasteiger partial charge < -0.3 is 9.13 Å². The monoisotopic (exact) mass is 1180 g/mol. The first-order valence-corrected chi connectivity index (χ1v) is 30.9. The van der Waals surface area contributed by atoms with Crippen LogP contribution in [0, 0.1) is 20.8 Å². The molecule has 11 heteroatoms. The molecule has 0 radical (unpaired) electrons. The van der Waals surface area contributed by atoms with Crippen LogP contribution in [0.2, 0.25) is 0 Å². The van der Waals surface area contributed by atoms with E-state index < -0.39 is 0 Å². The molecule has 18 aromatic rings. The van der Waals surface area contributed by atoms with Gasteiger partial charge in [-0.2, -0.15) is 0 Å². The Balaban J connectivity index is 0.000000149. The van der Waals surface area contributed by atoms with Gasteiger partial charge in [-0.25, -0.2) is 29.9 Å². The van der Waals surface area contributed by atoms with Gasteiger partial charge in [-0.1, -0.05) is 152 Å². The van der Waals surface area contributed by atoms with Crippen LogP contribution in [0.5, 0.6) is 0 Å². The van der Waals surface area contributed by atoms with Crippen molar-refractivity contribution in [3.63, 3.8) is 0 Å². The summed E-state index contributed by atoms with van der Waals surface area (Å²) in [5.41, 5.74) is 23.5. The largest absolute Gasteiger partial charge is 0.309 e. The molecular formula is C81H57N11. The number of aryl methyl sites for hydroxylation is 3. The Labute approximate surface area is 529 Å². The average Bonchev–Trinajstić information content (AvgIpc) is 1.64. The molecule has 0 spiro atoms. The highest BCUT2D eigenvalue weighted by Crippen LogP contribution is 2.40. The van der Waals surface area contributed by atoms with Crippen molar-refractivity contribution in [3.8, 4) is 73.7 Å². The van der Waals surface area contributed by atoms with Gasteiger partial charge in [0.15, 0.2) is 16.9 Å². The lowest BCUT2D eigenvalue weighted by Gasteiger charge is -2.16. The Hall–Kier alpha value is -12.3. The van der Waals surface area contributed by atoms with Gasteiger partial charge in [0.2, 0.25) is 0 Å². The van der Waals surface area contributed by atoms with E-state index in [9.17, 15) is 0 Å². The van der Waals surface area contributed by atoms with Gasteiger partial charge in [0, 0.05) is 68.2 Å². The number of para-hydroxylation sites is 7. The van der Waals surface area contributed by atoms with Crippen molar-refractivity contribution in [2.24, 2.45) is 0 Å². The smallest absolute Gasteiger partial charge is 0.164 e. The molecule has 0 bridgehead atoms. The summed E-state index contributed by atoms with van der Waals surface area (Å²) >= 11 is 0. The number of aromatic nitrogens is 11. The molecule has 0 aliphatic carbocycles. The van der Waals surface area contributed by atoms with Crippen LogP contribution in [-0.4, -0.2) is 52.7 Å². The van der Waals surface area contributed by atoms with Crippen LogP contribution in [0.4, 0.5) is 0 Å². The highest BCUT2D eigenvalue weighted by atomic mass is 15.2. The van der Waals surface area contributed by atoms with E-state index in [1.165, 1.54) is 66.1 Å². The number of fused-ring (bicyclic) bond motifs is 9. The predicted octanol–water partition coefficient (Wildman–Crippen LogP) is 19.4. The molecule has 11 nitrogen and oxygen atoms in total. The fraction of sp³-hybridized carbons (Fsp3) is 0.0370. The van der Waals surface area contributed by atoms with E-state index >= 15 is 0 Å². The van der Waals surface area contributed by atoms with E-state index in [4.69, 9.17) is 29.9 Å². The maximum atomic E-state index is 5.27. The minimum absolute atomic E-state index is 0.759. The summed E-state index contributed by atoms with van der Waals surface area (Å²) < 4.78 is 11.2. The number of hydrogen-bond donors (Lipinski definition) is 0. The van der Waals surface area contributed by atoms with Crippen LogP contribution in [0.25, 0.3) is 151 Å². The Bertz CT molecular complexity index is 5280. The van der Waals surface area contributed by atoms with E-state index in [1.807, 2.05) is 55.0 Å². The zero-order valence-electron chi connectivity index (χ0n) is 50.6. The zero-order chi connectivity index (χ0) is 61.4. The number of rotatable bonds is 9. The van der Waals surface area contributed by atoms with Gasteiger partial charge in [-0.3, -0.25) is 13.7 Å². The first-order chi connectivity index (χ1) is 45.4. The van der Waals surface area contributed by atoms with Crippen LogP contribution < -0.4 is 0 Å². The fourth-order valence-corrected chi connectivity index (χ4v) is 13.5. The van der Waals surface area contributed by atoms with Gasteiger partial charge in [0.25, 0.3) is 0 Å². The van der Waals surface area contributed by atoms with Gasteiger partial charge in [-0.05, 0) is 170 Å². The fourth-order valence-electron chi connectivity index (χ4n) is 13.5. The molecule has 436 valence electrons. The Kier molecular flexibility index (Phi) is 12.9. The van der Waals surface area contributed by atoms with Gasteiger partial charge >= 0.3 is 0 Å². The van der Waals surface area contributed by atoms with Crippen LogP contribution >= 0.6 is 0 Å². The molecule has 0 saturated carbocycles. The zero-order valence-corrected chi connectivity index (χ0v) is 50.6. The average molecular weight is 1180 g/mol. The Morgan fingerprint density at radius 3 is 0.804 bits per heavy atom. The Morgan fingerprint density at radius 1 is 0.239 bits per heavy atom. The van der Waals surface area contributed by atoms with Crippen molar-refractivity contribution in [2.45, 2.75) is 20.8 Å². The molecule has 18 rings (SSSR count). The van der Waals surface area contributed by atoms with Crippen molar-refractivity contribution in [3.05, 3.63) is 308 Å².